The maximum atomic E-state index is 15.1. The largest absolute Gasteiger partial charge is 0.495 e. The third-order valence-corrected chi connectivity index (χ3v) is 13.4. The molecule has 1 aliphatic carbocycles. The lowest BCUT2D eigenvalue weighted by Gasteiger charge is -2.34. The third-order valence-electron chi connectivity index (χ3n) is 13.4. The highest BCUT2D eigenvalue weighted by Crippen LogP contribution is 2.41. The summed E-state index contributed by atoms with van der Waals surface area (Å²) in [4.78, 5) is 94.5. The van der Waals surface area contributed by atoms with E-state index in [1.165, 1.54) is 20.4 Å². The van der Waals surface area contributed by atoms with E-state index in [0.29, 0.717) is 47.3 Å². The van der Waals surface area contributed by atoms with Crippen LogP contribution < -0.4 is 35.4 Å². The molecule has 0 spiro atoms. The molecule has 6 aliphatic rings. The van der Waals surface area contributed by atoms with Crippen molar-refractivity contribution in [3.63, 3.8) is 0 Å². The van der Waals surface area contributed by atoms with Crippen molar-refractivity contribution in [1.82, 2.24) is 30.4 Å². The molecular formula is C44H50F2N10O7. The number of methoxy groups -OCH3 is 1. The van der Waals surface area contributed by atoms with Crippen molar-refractivity contribution in [3.05, 3.63) is 59.3 Å². The number of likely N-dealkylation sites (tertiary alicyclic amines) is 1. The molecule has 63 heavy (non-hydrogen) atoms. The van der Waals surface area contributed by atoms with Crippen LogP contribution in [0.4, 0.5) is 37.6 Å². The summed E-state index contributed by atoms with van der Waals surface area (Å²) in [5, 5.41) is 8.53. The highest BCUT2D eigenvalue weighted by Gasteiger charge is 2.49. The zero-order valence-electron chi connectivity index (χ0n) is 35.2. The number of imide groups is 2. The Balaban J connectivity index is 0.789. The summed E-state index contributed by atoms with van der Waals surface area (Å²) < 4.78 is 35.8. The lowest BCUT2D eigenvalue weighted by Crippen LogP contribution is -2.54. The van der Waals surface area contributed by atoms with Gasteiger partial charge in [-0.3, -0.25) is 39.0 Å². The molecule has 0 radical (unpaired) electrons. The number of aromatic nitrogens is 2. The smallest absolute Gasteiger partial charge is 0.342 e. The Morgan fingerprint density at radius 1 is 0.952 bits per heavy atom. The zero-order chi connectivity index (χ0) is 44.2. The molecule has 17 nitrogen and oxygen atoms in total. The number of carbonyl (C=O) groups is 6. The molecule has 2 aromatic carbocycles. The molecule has 4 fully saturated rings. The van der Waals surface area contributed by atoms with Crippen LogP contribution in [-0.4, -0.2) is 133 Å². The van der Waals surface area contributed by atoms with Crippen molar-refractivity contribution < 1.29 is 42.3 Å². The van der Waals surface area contributed by atoms with Gasteiger partial charge in [-0.15, -0.1) is 0 Å². The van der Waals surface area contributed by atoms with Crippen LogP contribution in [0.25, 0.3) is 0 Å². The molecule has 1 saturated carbocycles. The third kappa shape index (κ3) is 8.02. The summed E-state index contributed by atoms with van der Waals surface area (Å²) in [7, 11) is 2.79. The normalized spacial score (nSPS) is 23.2. The van der Waals surface area contributed by atoms with Gasteiger partial charge >= 0.3 is 5.92 Å². The van der Waals surface area contributed by atoms with Crippen LogP contribution in [0.2, 0.25) is 0 Å². The molecule has 5 aliphatic heterocycles. The molecule has 19 heteroatoms. The second-order valence-electron chi connectivity index (χ2n) is 17.4. The summed E-state index contributed by atoms with van der Waals surface area (Å²) >= 11 is 0. The standard InChI is InChI=1S/C44H50F2N10O7/c1-52-33-21-47-43(51-37(33)55(28-6-3-4-7-28)24-44(45,46)42(52)62)49-30-11-10-26(20-34(30)63-2)38(58)48-27-15-17-53(18-16-27)22-25-14-19-54(23-25)31-9-5-8-29-36(31)41(61)56(40(29)60)32-12-13-35(57)50-39(32)59/h5,8-11,20-21,25,27-28,32H,3-4,6-7,12-19,22-24H2,1-2H3,(H,48,58)(H,47,49,51)(H,50,57,59). The Bertz CT molecular complexity index is 2370. The van der Waals surface area contributed by atoms with E-state index in [1.54, 1.807) is 35.2 Å². The number of halogens is 2. The Kier molecular flexibility index (Phi) is 11.2. The van der Waals surface area contributed by atoms with Gasteiger partial charge in [0.05, 0.1) is 42.4 Å². The molecular weight excluding hydrogens is 819 g/mol. The fourth-order valence-corrected chi connectivity index (χ4v) is 10.0. The number of hydrogen-bond acceptors (Lipinski definition) is 13. The Labute approximate surface area is 362 Å². The lowest BCUT2D eigenvalue weighted by atomic mass is 10.0. The first-order valence-corrected chi connectivity index (χ1v) is 21.7. The van der Waals surface area contributed by atoms with Gasteiger partial charge in [-0.05, 0) is 74.8 Å². The summed E-state index contributed by atoms with van der Waals surface area (Å²) in [6, 6.07) is 8.96. The zero-order valence-corrected chi connectivity index (χ0v) is 35.2. The Morgan fingerprint density at radius 2 is 1.73 bits per heavy atom. The van der Waals surface area contributed by atoms with Gasteiger partial charge in [0.2, 0.25) is 17.8 Å². The summed E-state index contributed by atoms with van der Waals surface area (Å²) in [5.41, 5.74) is 2.33. The van der Waals surface area contributed by atoms with Crippen LogP contribution in [0.5, 0.6) is 5.75 Å². The van der Waals surface area contributed by atoms with Gasteiger partial charge in [0.1, 0.15) is 17.5 Å². The van der Waals surface area contributed by atoms with E-state index in [4.69, 9.17) is 4.74 Å². The monoisotopic (exact) mass is 868 g/mol. The van der Waals surface area contributed by atoms with Gasteiger partial charge in [-0.25, -0.2) is 4.98 Å². The SMILES string of the molecule is COc1cc(C(=O)NC2CCN(CC3CCN(c4cccc5c4C(=O)N(C4CCC(=O)NC4=O)C5=O)C3)CC2)ccc1Nc1ncc2c(n1)N(C1CCCC1)CC(F)(F)C(=O)N2C. The fourth-order valence-electron chi connectivity index (χ4n) is 10.0. The molecule has 1 aromatic heterocycles. The minimum absolute atomic E-state index is 0.0337. The summed E-state index contributed by atoms with van der Waals surface area (Å²) in [6.07, 6.45) is 7.23. The van der Waals surface area contributed by atoms with E-state index in [0.717, 1.165) is 74.4 Å². The Hall–Kier alpha value is -6.24. The van der Waals surface area contributed by atoms with Crippen molar-refractivity contribution in [2.75, 3.05) is 73.4 Å². The number of alkyl halides is 2. The number of nitrogens with one attached hydrogen (secondary N) is 3. The van der Waals surface area contributed by atoms with Gasteiger partial charge in [-0.1, -0.05) is 18.9 Å². The molecule has 3 N–H and O–H groups in total. The topological polar surface area (TPSA) is 190 Å². The van der Waals surface area contributed by atoms with Crippen molar-refractivity contribution in [2.24, 2.45) is 5.92 Å². The van der Waals surface area contributed by atoms with Crippen LogP contribution in [0, 0.1) is 5.92 Å². The molecule has 0 bridgehead atoms. The average Bonchev–Trinajstić information content (AvgIpc) is 4.03. The minimum Gasteiger partial charge on any atom is -0.495 e. The van der Waals surface area contributed by atoms with E-state index in [2.05, 4.69) is 35.7 Å². The van der Waals surface area contributed by atoms with E-state index < -0.39 is 48.0 Å². The predicted molar refractivity (Wildman–Crippen MR) is 227 cm³/mol. The van der Waals surface area contributed by atoms with Crippen LogP contribution >= 0.6 is 0 Å². The van der Waals surface area contributed by atoms with E-state index in [1.807, 2.05) is 6.07 Å². The van der Waals surface area contributed by atoms with Crippen LogP contribution in [0.3, 0.4) is 0 Å². The summed E-state index contributed by atoms with van der Waals surface area (Å²) in [6.45, 7) is 3.09. The highest BCUT2D eigenvalue weighted by molar-refractivity contribution is 6.25. The molecule has 2 atom stereocenters. The first-order chi connectivity index (χ1) is 30.3. The fraction of sp³-hybridized carbons (Fsp3) is 0.500. The molecule has 9 rings (SSSR count). The van der Waals surface area contributed by atoms with Crippen LogP contribution in [0.15, 0.2) is 42.6 Å². The number of benzene rings is 2. The van der Waals surface area contributed by atoms with Gasteiger partial charge in [0, 0.05) is 63.8 Å². The molecule has 6 heterocycles. The van der Waals surface area contributed by atoms with E-state index >= 15 is 8.78 Å². The number of nitrogens with zero attached hydrogens (tertiary/aromatic N) is 7. The number of piperidine rings is 2. The van der Waals surface area contributed by atoms with Gasteiger partial charge in [0.25, 0.3) is 23.6 Å². The van der Waals surface area contributed by atoms with Crippen LogP contribution in [-0.2, 0) is 14.4 Å². The first kappa shape index (κ1) is 42.1. The lowest BCUT2D eigenvalue weighted by molar-refractivity contribution is -0.140. The van der Waals surface area contributed by atoms with Gasteiger partial charge < -0.3 is 35.0 Å². The number of anilines is 5. The molecule has 332 valence electrons. The maximum absolute atomic E-state index is 15.1. The number of hydrogen-bond donors (Lipinski definition) is 3. The second-order valence-corrected chi connectivity index (χ2v) is 17.4. The number of fused-ring (bicyclic) bond motifs is 2. The maximum Gasteiger partial charge on any atom is 0.342 e. The van der Waals surface area contributed by atoms with Crippen molar-refractivity contribution in [3.8, 4) is 5.75 Å². The second kappa shape index (κ2) is 16.8. The molecule has 2 unspecified atom stereocenters. The molecule has 3 saturated heterocycles. The molecule has 3 aromatic rings. The van der Waals surface area contributed by atoms with Crippen molar-refractivity contribution in [2.45, 2.75) is 81.8 Å². The molecule has 6 amide bonds. The minimum atomic E-state index is -3.59. The van der Waals surface area contributed by atoms with E-state index in [9.17, 15) is 28.8 Å². The number of amides is 6. The highest BCUT2D eigenvalue weighted by atomic mass is 19.3. The van der Waals surface area contributed by atoms with Crippen molar-refractivity contribution >= 4 is 64.3 Å². The number of carbonyl (C=O) groups excluding carboxylic acids is 6. The summed E-state index contributed by atoms with van der Waals surface area (Å²) in [5.74, 6) is -6.14. The Morgan fingerprint density at radius 3 is 2.48 bits per heavy atom. The first-order valence-electron chi connectivity index (χ1n) is 21.7. The van der Waals surface area contributed by atoms with Gasteiger partial charge in [0.15, 0.2) is 5.82 Å². The van der Waals surface area contributed by atoms with Crippen LogP contribution in [0.1, 0.15) is 88.9 Å². The van der Waals surface area contributed by atoms with Crippen molar-refractivity contribution in [1.29, 1.82) is 0 Å². The average molecular weight is 869 g/mol. The van der Waals surface area contributed by atoms with E-state index in [-0.39, 0.29) is 53.8 Å². The van der Waals surface area contributed by atoms with Gasteiger partial charge in [-0.2, -0.15) is 13.8 Å². The number of rotatable bonds is 10. The number of ether oxygens (including phenoxy) is 1. The predicted octanol–water partition coefficient (Wildman–Crippen LogP) is 3.71. The quantitative estimate of drug-likeness (QED) is 0.251.